The van der Waals surface area contributed by atoms with E-state index in [1.807, 2.05) is 38.2 Å². The molecule has 3 N–H and O–H groups in total. The summed E-state index contributed by atoms with van der Waals surface area (Å²) in [5, 5.41) is 6.16. The molecule has 1 heterocycles. The van der Waals surface area contributed by atoms with Crippen molar-refractivity contribution in [3.8, 4) is 0 Å². The Bertz CT molecular complexity index is 571. The van der Waals surface area contributed by atoms with E-state index < -0.39 is 0 Å². The molecular formula is C15H23ClN4OS. The van der Waals surface area contributed by atoms with Gasteiger partial charge in [-0.15, -0.1) is 24.2 Å². The third-order valence-electron chi connectivity index (χ3n) is 3.36. The molecule has 0 fully saturated rings. The van der Waals surface area contributed by atoms with E-state index in [0.29, 0.717) is 12.3 Å². The molecule has 5 nitrogen and oxygen atoms in total. The Morgan fingerprint density at radius 2 is 2.09 bits per heavy atom. The van der Waals surface area contributed by atoms with Gasteiger partial charge in [-0.05, 0) is 33.0 Å². The highest BCUT2D eigenvalue weighted by atomic mass is 35.5. The summed E-state index contributed by atoms with van der Waals surface area (Å²) in [6, 6.07) is 8.24. The highest BCUT2D eigenvalue weighted by Gasteiger charge is 2.13. The van der Waals surface area contributed by atoms with Gasteiger partial charge in [-0.25, -0.2) is 4.98 Å². The third-order valence-corrected chi connectivity index (χ3v) is 4.51. The number of likely N-dealkylation sites (N-methyl/N-ethyl adjacent to an activating group) is 1. The predicted octanol–water partition coefficient (Wildman–Crippen LogP) is 2.50. The topological polar surface area (TPSA) is 69.8 Å². The lowest BCUT2D eigenvalue weighted by molar-refractivity contribution is -0.118. The lowest BCUT2D eigenvalue weighted by Crippen LogP contribution is -2.37. The molecule has 0 radical (unpaired) electrons. The van der Waals surface area contributed by atoms with E-state index >= 15 is 0 Å². The molecule has 122 valence electrons. The van der Waals surface area contributed by atoms with Crippen LogP contribution in [-0.4, -0.2) is 41.3 Å². The van der Waals surface area contributed by atoms with Crippen LogP contribution in [0.3, 0.4) is 0 Å². The summed E-state index contributed by atoms with van der Waals surface area (Å²) in [6.07, 6.45) is 0. The number of H-pyrrole nitrogens is 1. The first kappa shape index (κ1) is 18.8. The van der Waals surface area contributed by atoms with Gasteiger partial charge in [0, 0.05) is 12.6 Å². The predicted molar refractivity (Wildman–Crippen MR) is 95.7 cm³/mol. The number of rotatable bonds is 7. The zero-order chi connectivity index (χ0) is 15.2. The zero-order valence-electron chi connectivity index (χ0n) is 13.1. The van der Waals surface area contributed by atoms with E-state index in [1.54, 1.807) is 11.8 Å². The Labute approximate surface area is 141 Å². The van der Waals surface area contributed by atoms with Crippen molar-refractivity contribution in [2.75, 3.05) is 19.3 Å². The molecule has 0 aliphatic carbocycles. The summed E-state index contributed by atoms with van der Waals surface area (Å²) in [7, 11) is 1.88. The molecule has 2 aromatic rings. The number of aromatic nitrogens is 2. The van der Waals surface area contributed by atoms with E-state index in [9.17, 15) is 4.79 Å². The number of hydrogen-bond acceptors (Lipinski definition) is 4. The number of nitrogens with zero attached hydrogens (tertiary/aromatic N) is 1. The van der Waals surface area contributed by atoms with Crippen LogP contribution >= 0.6 is 24.2 Å². The van der Waals surface area contributed by atoms with Gasteiger partial charge < -0.3 is 15.6 Å². The number of benzene rings is 1. The minimum Gasteiger partial charge on any atom is -0.354 e. The van der Waals surface area contributed by atoms with Gasteiger partial charge in [-0.1, -0.05) is 12.1 Å². The fourth-order valence-corrected chi connectivity index (χ4v) is 2.64. The summed E-state index contributed by atoms with van der Waals surface area (Å²) in [5.74, 6) is 1.41. The Kier molecular flexibility index (Phi) is 7.72. The minimum absolute atomic E-state index is 0. The minimum atomic E-state index is 0. The maximum absolute atomic E-state index is 11.8. The molecule has 0 spiro atoms. The maximum Gasteiger partial charge on any atom is 0.230 e. The Morgan fingerprint density at radius 1 is 1.36 bits per heavy atom. The lowest BCUT2D eigenvalue weighted by Gasteiger charge is -2.12. The van der Waals surface area contributed by atoms with Crippen molar-refractivity contribution in [1.29, 1.82) is 0 Å². The summed E-state index contributed by atoms with van der Waals surface area (Å²) in [5.41, 5.74) is 2.00. The van der Waals surface area contributed by atoms with Gasteiger partial charge in [0.2, 0.25) is 5.91 Å². The molecule has 1 amide bonds. The number of carbonyl (C=O) groups excluding carboxylic acids is 1. The first-order valence-corrected chi connectivity index (χ1v) is 8.15. The van der Waals surface area contributed by atoms with Crippen LogP contribution in [0, 0.1) is 0 Å². The van der Waals surface area contributed by atoms with Crippen LogP contribution in [0.15, 0.2) is 24.3 Å². The van der Waals surface area contributed by atoms with Gasteiger partial charge in [0.1, 0.15) is 5.82 Å². The number of halogens is 1. The summed E-state index contributed by atoms with van der Waals surface area (Å²) >= 11 is 1.59. The first-order chi connectivity index (χ1) is 10.1. The van der Waals surface area contributed by atoms with Crippen molar-refractivity contribution in [2.24, 2.45) is 0 Å². The fraction of sp³-hybridized carbons (Fsp3) is 0.467. The van der Waals surface area contributed by atoms with Crippen molar-refractivity contribution >= 4 is 41.1 Å². The average molecular weight is 343 g/mol. The molecule has 0 saturated carbocycles. The monoisotopic (exact) mass is 342 g/mol. The number of thioether (sulfide) groups is 1. The van der Waals surface area contributed by atoms with Gasteiger partial charge in [-0.2, -0.15) is 0 Å². The standard InChI is InChI=1S/C15H22N4OS.ClH/c1-10(16-3)8-17-14(20)9-21-11(2)15-18-12-6-4-5-7-13(12)19-15;/h4-7,10-11,16H,8-9H2,1-3H3,(H,17,20)(H,18,19);1H. The van der Waals surface area contributed by atoms with Crippen molar-refractivity contribution < 1.29 is 4.79 Å². The second kappa shape index (κ2) is 9.02. The number of aromatic amines is 1. The van der Waals surface area contributed by atoms with Crippen molar-refractivity contribution in [3.63, 3.8) is 0 Å². The zero-order valence-corrected chi connectivity index (χ0v) is 14.7. The molecule has 2 unspecified atom stereocenters. The second-order valence-electron chi connectivity index (χ2n) is 5.09. The van der Waals surface area contributed by atoms with Crippen molar-refractivity contribution in [3.05, 3.63) is 30.1 Å². The number of imidazole rings is 1. The van der Waals surface area contributed by atoms with Crippen LogP contribution in [0.1, 0.15) is 24.9 Å². The summed E-state index contributed by atoms with van der Waals surface area (Å²) in [6.45, 7) is 4.74. The first-order valence-electron chi connectivity index (χ1n) is 7.10. The van der Waals surface area contributed by atoms with Crippen LogP contribution in [0.5, 0.6) is 0 Å². The largest absolute Gasteiger partial charge is 0.354 e. The lowest BCUT2D eigenvalue weighted by atomic mass is 10.3. The Balaban J connectivity index is 0.00000242. The molecule has 1 aromatic carbocycles. The van der Waals surface area contributed by atoms with E-state index in [4.69, 9.17) is 0 Å². The van der Waals surface area contributed by atoms with Crippen LogP contribution in [-0.2, 0) is 4.79 Å². The molecule has 2 rings (SSSR count). The van der Waals surface area contributed by atoms with Crippen LogP contribution in [0.25, 0.3) is 11.0 Å². The van der Waals surface area contributed by atoms with Gasteiger partial charge >= 0.3 is 0 Å². The Hall–Kier alpha value is -1.24. The summed E-state index contributed by atoms with van der Waals surface area (Å²) in [4.78, 5) is 19.6. The summed E-state index contributed by atoms with van der Waals surface area (Å²) < 4.78 is 0. The second-order valence-corrected chi connectivity index (χ2v) is 6.42. The fourth-order valence-electron chi connectivity index (χ4n) is 1.86. The quantitative estimate of drug-likeness (QED) is 0.723. The molecule has 1 aromatic heterocycles. The Morgan fingerprint density at radius 3 is 2.77 bits per heavy atom. The van der Waals surface area contributed by atoms with Gasteiger partial charge in [0.25, 0.3) is 0 Å². The highest BCUT2D eigenvalue weighted by molar-refractivity contribution is 8.00. The maximum atomic E-state index is 11.8. The number of hydrogen-bond donors (Lipinski definition) is 3. The smallest absolute Gasteiger partial charge is 0.230 e. The molecule has 0 bridgehead atoms. The molecular weight excluding hydrogens is 320 g/mol. The molecule has 22 heavy (non-hydrogen) atoms. The van der Waals surface area contributed by atoms with E-state index in [0.717, 1.165) is 16.9 Å². The third kappa shape index (κ3) is 5.19. The average Bonchev–Trinajstić information content (AvgIpc) is 2.94. The normalized spacial score (nSPS) is 13.4. The van der Waals surface area contributed by atoms with Crippen LogP contribution in [0.2, 0.25) is 0 Å². The van der Waals surface area contributed by atoms with Crippen molar-refractivity contribution in [1.82, 2.24) is 20.6 Å². The molecule has 0 saturated heterocycles. The van der Waals surface area contributed by atoms with Gasteiger partial charge in [0.05, 0.1) is 22.0 Å². The SMILES string of the molecule is CNC(C)CNC(=O)CSC(C)c1nc2ccccc2[nH]1.Cl. The number of carbonyl (C=O) groups is 1. The number of para-hydroxylation sites is 2. The molecule has 0 aliphatic rings. The highest BCUT2D eigenvalue weighted by Crippen LogP contribution is 2.27. The number of nitrogens with one attached hydrogen (secondary N) is 3. The number of amides is 1. The van der Waals surface area contributed by atoms with E-state index in [-0.39, 0.29) is 29.6 Å². The molecule has 7 heteroatoms. The van der Waals surface area contributed by atoms with Gasteiger partial charge in [-0.3, -0.25) is 4.79 Å². The van der Waals surface area contributed by atoms with E-state index in [2.05, 4.69) is 27.5 Å². The van der Waals surface area contributed by atoms with Crippen molar-refractivity contribution in [2.45, 2.75) is 25.1 Å². The molecule has 2 atom stereocenters. The van der Waals surface area contributed by atoms with Crippen LogP contribution in [0.4, 0.5) is 0 Å². The van der Waals surface area contributed by atoms with Crippen LogP contribution < -0.4 is 10.6 Å². The van der Waals surface area contributed by atoms with E-state index in [1.165, 1.54) is 0 Å². The van der Waals surface area contributed by atoms with Gasteiger partial charge in [0.15, 0.2) is 0 Å². The number of fused-ring (bicyclic) bond motifs is 1. The molecule has 0 aliphatic heterocycles.